The van der Waals surface area contributed by atoms with Crippen molar-refractivity contribution in [1.29, 1.82) is 0 Å². The van der Waals surface area contributed by atoms with Gasteiger partial charge in [0.1, 0.15) is 5.75 Å². The maximum absolute atomic E-state index is 11.9. The molecule has 0 aromatic heterocycles. The molecular formula is C17H19N3O3. The molecule has 0 heterocycles. The van der Waals surface area contributed by atoms with Crippen LogP contribution in [-0.4, -0.2) is 19.0 Å². The van der Waals surface area contributed by atoms with Crippen LogP contribution in [0.1, 0.15) is 12.5 Å². The van der Waals surface area contributed by atoms with E-state index in [1.165, 1.54) is 6.92 Å². The number of ether oxygens (including phenoxy) is 1. The van der Waals surface area contributed by atoms with E-state index in [0.717, 1.165) is 11.3 Å². The number of methoxy groups -OCH3 is 1. The number of hydrogen-bond donors (Lipinski definition) is 3. The number of carbonyl (C=O) groups excluding carboxylic acids is 2. The first-order valence-corrected chi connectivity index (χ1v) is 7.13. The van der Waals surface area contributed by atoms with E-state index in [4.69, 9.17) is 4.74 Å². The van der Waals surface area contributed by atoms with Crippen LogP contribution in [0.25, 0.3) is 0 Å². The Balaban J connectivity index is 1.88. The molecule has 6 heteroatoms. The molecule has 2 aromatic carbocycles. The van der Waals surface area contributed by atoms with Gasteiger partial charge in [-0.3, -0.25) is 4.79 Å². The first-order valence-electron chi connectivity index (χ1n) is 7.13. The molecule has 0 saturated heterocycles. The monoisotopic (exact) mass is 313 g/mol. The van der Waals surface area contributed by atoms with Gasteiger partial charge in [-0.05, 0) is 30.3 Å². The van der Waals surface area contributed by atoms with Crippen molar-refractivity contribution in [2.45, 2.75) is 13.5 Å². The average Bonchev–Trinajstić information content (AvgIpc) is 2.54. The molecule has 0 spiro atoms. The van der Waals surface area contributed by atoms with Gasteiger partial charge in [0.25, 0.3) is 0 Å². The Morgan fingerprint density at radius 1 is 0.957 bits per heavy atom. The number of hydrogen-bond acceptors (Lipinski definition) is 3. The number of benzene rings is 2. The summed E-state index contributed by atoms with van der Waals surface area (Å²) in [5.41, 5.74) is 2.21. The SMILES string of the molecule is COc1ccccc1CNC(=O)Nc1ccc(NC(C)=O)cc1. The molecule has 0 saturated carbocycles. The van der Waals surface area contributed by atoms with Crippen LogP contribution in [0.3, 0.4) is 0 Å². The van der Waals surface area contributed by atoms with Gasteiger partial charge in [0.2, 0.25) is 5.91 Å². The summed E-state index contributed by atoms with van der Waals surface area (Å²) in [5.74, 6) is 0.590. The molecule has 0 aliphatic heterocycles. The third-order valence-electron chi connectivity index (χ3n) is 3.10. The van der Waals surface area contributed by atoms with Gasteiger partial charge in [0, 0.05) is 30.4 Å². The summed E-state index contributed by atoms with van der Waals surface area (Å²) in [4.78, 5) is 22.9. The molecule has 0 radical (unpaired) electrons. The maximum Gasteiger partial charge on any atom is 0.319 e. The highest BCUT2D eigenvalue weighted by Crippen LogP contribution is 2.17. The van der Waals surface area contributed by atoms with Crippen LogP contribution in [-0.2, 0) is 11.3 Å². The Kier molecular flexibility index (Phi) is 5.57. The second-order valence-corrected chi connectivity index (χ2v) is 4.88. The van der Waals surface area contributed by atoms with Crippen molar-refractivity contribution in [3.8, 4) is 5.75 Å². The zero-order valence-corrected chi connectivity index (χ0v) is 13.1. The Hall–Kier alpha value is -3.02. The van der Waals surface area contributed by atoms with Gasteiger partial charge in [0.05, 0.1) is 7.11 Å². The number of urea groups is 1. The molecule has 3 amide bonds. The van der Waals surface area contributed by atoms with Crippen LogP contribution >= 0.6 is 0 Å². The topological polar surface area (TPSA) is 79.5 Å². The van der Waals surface area contributed by atoms with Crippen LogP contribution in [0, 0.1) is 0 Å². The Bertz CT molecular complexity index is 684. The van der Waals surface area contributed by atoms with Crippen molar-refractivity contribution in [3.63, 3.8) is 0 Å². The summed E-state index contributed by atoms with van der Waals surface area (Å²) >= 11 is 0. The molecule has 2 aromatic rings. The molecule has 0 atom stereocenters. The number of carbonyl (C=O) groups is 2. The number of anilines is 2. The van der Waals surface area contributed by atoms with Crippen molar-refractivity contribution < 1.29 is 14.3 Å². The van der Waals surface area contributed by atoms with Crippen LogP contribution in [0.2, 0.25) is 0 Å². The molecule has 23 heavy (non-hydrogen) atoms. The van der Waals surface area contributed by atoms with E-state index in [1.807, 2.05) is 24.3 Å². The maximum atomic E-state index is 11.9. The number of para-hydroxylation sites is 1. The molecule has 0 aliphatic rings. The van der Waals surface area contributed by atoms with Gasteiger partial charge in [0.15, 0.2) is 0 Å². The predicted molar refractivity (Wildman–Crippen MR) is 89.6 cm³/mol. The van der Waals surface area contributed by atoms with E-state index < -0.39 is 0 Å². The second kappa shape index (κ2) is 7.84. The van der Waals surface area contributed by atoms with Crippen molar-refractivity contribution in [3.05, 3.63) is 54.1 Å². The van der Waals surface area contributed by atoms with Gasteiger partial charge >= 0.3 is 6.03 Å². The highest BCUT2D eigenvalue weighted by Gasteiger charge is 2.05. The van der Waals surface area contributed by atoms with E-state index >= 15 is 0 Å². The summed E-state index contributed by atoms with van der Waals surface area (Å²) in [6.07, 6.45) is 0. The van der Waals surface area contributed by atoms with Crippen molar-refractivity contribution in [2.75, 3.05) is 17.7 Å². The molecule has 3 N–H and O–H groups in total. The molecule has 6 nitrogen and oxygen atoms in total. The lowest BCUT2D eigenvalue weighted by molar-refractivity contribution is -0.114. The largest absolute Gasteiger partial charge is 0.496 e. The molecule has 0 unspecified atom stereocenters. The van der Waals surface area contributed by atoms with Crippen LogP contribution in [0.15, 0.2) is 48.5 Å². The van der Waals surface area contributed by atoms with E-state index in [9.17, 15) is 9.59 Å². The number of amides is 3. The van der Waals surface area contributed by atoms with Crippen LogP contribution < -0.4 is 20.7 Å². The first-order chi connectivity index (χ1) is 11.1. The lowest BCUT2D eigenvalue weighted by Crippen LogP contribution is -2.28. The van der Waals surface area contributed by atoms with Crippen molar-refractivity contribution in [2.24, 2.45) is 0 Å². The Morgan fingerprint density at radius 3 is 2.17 bits per heavy atom. The fourth-order valence-corrected chi connectivity index (χ4v) is 2.04. The standard InChI is InChI=1S/C17H19N3O3/c1-12(21)19-14-7-9-15(10-8-14)20-17(22)18-11-13-5-3-4-6-16(13)23-2/h3-10H,11H2,1-2H3,(H,19,21)(H2,18,20,22). The highest BCUT2D eigenvalue weighted by atomic mass is 16.5. The quantitative estimate of drug-likeness (QED) is 0.794. The average molecular weight is 313 g/mol. The van der Waals surface area contributed by atoms with E-state index in [1.54, 1.807) is 31.4 Å². The predicted octanol–water partition coefficient (Wildman–Crippen LogP) is 2.98. The van der Waals surface area contributed by atoms with Crippen molar-refractivity contribution >= 4 is 23.3 Å². The van der Waals surface area contributed by atoms with Crippen LogP contribution in [0.5, 0.6) is 5.75 Å². The molecule has 120 valence electrons. The fourth-order valence-electron chi connectivity index (χ4n) is 2.04. The second-order valence-electron chi connectivity index (χ2n) is 4.88. The van der Waals surface area contributed by atoms with Gasteiger partial charge in [-0.1, -0.05) is 18.2 Å². The summed E-state index contributed by atoms with van der Waals surface area (Å²) in [6, 6.07) is 14.0. The summed E-state index contributed by atoms with van der Waals surface area (Å²) in [6.45, 7) is 1.80. The minimum atomic E-state index is -0.316. The third kappa shape index (κ3) is 5.03. The van der Waals surface area contributed by atoms with E-state index in [0.29, 0.717) is 17.9 Å². The number of nitrogens with one attached hydrogen (secondary N) is 3. The van der Waals surface area contributed by atoms with E-state index in [2.05, 4.69) is 16.0 Å². The molecule has 0 aliphatic carbocycles. The normalized spacial score (nSPS) is 9.83. The zero-order valence-electron chi connectivity index (χ0n) is 13.1. The minimum absolute atomic E-state index is 0.139. The summed E-state index contributed by atoms with van der Waals surface area (Å²) in [5, 5.41) is 8.16. The van der Waals surface area contributed by atoms with Gasteiger partial charge in [-0.15, -0.1) is 0 Å². The smallest absolute Gasteiger partial charge is 0.319 e. The first kappa shape index (κ1) is 16.4. The fraction of sp³-hybridized carbons (Fsp3) is 0.176. The molecule has 2 rings (SSSR count). The van der Waals surface area contributed by atoms with E-state index in [-0.39, 0.29) is 11.9 Å². The zero-order chi connectivity index (χ0) is 16.7. The minimum Gasteiger partial charge on any atom is -0.496 e. The summed E-state index contributed by atoms with van der Waals surface area (Å²) in [7, 11) is 1.59. The lowest BCUT2D eigenvalue weighted by Gasteiger charge is -2.11. The molecule has 0 bridgehead atoms. The number of rotatable bonds is 5. The Morgan fingerprint density at radius 2 is 1.57 bits per heavy atom. The molecule has 0 fully saturated rings. The molecular weight excluding hydrogens is 294 g/mol. The Labute approximate surface area is 134 Å². The highest BCUT2D eigenvalue weighted by molar-refractivity contribution is 5.91. The van der Waals surface area contributed by atoms with Gasteiger partial charge < -0.3 is 20.7 Å². The van der Waals surface area contributed by atoms with Crippen molar-refractivity contribution in [1.82, 2.24) is 5.32 Å². The third-order valence-corrected chi connectivity index (χ3v) is 3.10. The lowest BCUT2D eigenvalue weighted by atomic mass is 10.2. The van der Waals surface area contributed by atoms with Gasteiger partial charge in [-0.2, -0.15) is 0 Å². The summed E-state index contributed by atoms with van der Waals surface area (Å²) < 4.78 is 5.23. The van der Waals surface area contributed by atoms with Gasteiger partial charge in [-0.25, -0.2) is 4.79 Å². The van der Waals surface area contributed by atoms with Crippen LogP contribution in [0.4, 0.5) is 16.2 Å².